The lowest BCUT2D eigenvalue weighted by Gasteiger charge is -2.25. The first-order chi connectivity index (χ1) is 11.1. The molecule has 0 aliphatic rings. The Bertz CT molecular complexity index is 898. The largest absolute Gasteiger partial charge is 0.337 e. The van der Waals surface area contributed by atoms with Crippen LogP contribution in [0, 0.1) is 6.92 Å². The number of carbonyl (C=O) groups excluding carboxylic acids is 1. The molecule has 1 heterocycles. The van der Waals surface area contributed by atoms with Crippen LogP contribution in [0.25, 0.3) is 0 Å². The molecule has 0 aliphatic carbocycles. The summed E-state index contributed by atoms with van der Waals surface area (Å²) in [7, 11) is -2.10. The first-order valence-electron chi connectivity index (χ1n) is 7.14. The van der Waals surface area contributed by atoms with Gasteiger partial charge in [0.15, 0.2) is 0 Å². The molecule has 0 saturated heterocycles. The molecule has 2 rings (SSSR count). The molecule has 0 unspecified atom stereocenters. The minimum atomic E-state index is -3.74. The number of hydrogen-bond donors (Lipinski definition) is 1. The maximum Gasteiger partial charge on any atom is 0.307 e. The standard InChI is InChI=1S/C15H19N3O4S2/c1-10-9-23-15(20)18(10)8-14(19)17(3)11(2)12-4-6-13(7-5-12)24(16,21)22/h4-7,9,11H,8H2,1-3H3,(H2,16,21,22)/t11-/m1/s1. The number of likely N-dealkylation sites (N-methyl/N-ethyl adjacent to an activating group) is 1. The van der Waals surface area contributed by atoms with Gasteiger partial charge in [-0.05, 0) is 31.5 Å². The molecule has 130 valence electrons. The second kappa shape index (κ2) is 6.88. The van der Waals surface area contributed by atoms with Crippen LogP contribution in [-0.2, 0) is 21.4 Å². The van der Waals surface area contributed by atoms with Gasteiger partial charge in [-0.3, -0.25) is 14.2 Å². The number of rotatable bonds is 5. The number of carbonyl (C=O) groups is 1. The molecule has 1 aromatic heterocycles. The molecule has 0 saturated carbocycles. The molecule has 1 amide bonds. The predicted molar refractivity (Wildman–Crippen MR) is 92.3 cm³/mol. The SMILES string of the molecule is Cc1csc(=O)n1CC(=O)N(C)[C@H](C)c1ccc(S(N)(=O)=O)cc1. The molecule has 0 spiro atoms. The predicted octanol–water partition coefficient (Wildman–Crippen LogP) is 1.09. The second-order valence-corrected chi connectivity index (χ2v) is 7.91. The summed E-state index contributed by atoms with van der Waals surface area (Å²) >= 11 is 1.06. The van der Waals surface area contributed by atoms with Crippen LogP contribution in [0.15, 0.2) is 39.3 Å². The van der Waals surface area contributed by atoms with E-state index in [0.29, 0.717) is 0 Å². The van der Waals surface area contributed by atoms with Crippen molar-refractivity contribution in [3.8, 4) is 0 Å². The van der Waals surface area contributed by atoms with Crippen molar-refractivity contribution in [1.82, 2.24) is 9.47 Å². The van der Waals surface area contributed by atoms with Gasteiger partial charge in [-0.1, -0.05) is 23.5 Å². The van der Waals surface area contributed by atoms with Gasteiger partial charge < -0.3 is 4.90 Å². The van der Waals surface area contributed by atoms with Crippen LogP contribution in [0.1, 0.15) is 24.2 Å². The van der Waals surface area contributed by atoms with Gasteiger partial charge in [0.2, 0.25) is 15.9 Å². The number of hydrogen-bond acceptors (Lipinski definition) is 5. The first kappa shape index (κ1) is 18.4. The van der Waals surface area contributed by atoms with Crippen LogP contribution < -0.4 is 10.0 Å². The molecule has 0 aliphatic heterocycles. The van der Waals surface area contributed by atoms with E-state index in [2.05, 4.69) is 0 Å². The highest BCUT2D eigenvalue weighted by molar-refractivity contribution is 7.89. The Kier molecular flexibility index (Phi) is 5.26. The summed E-state index contributed by atoms with van der Waals surface area (Å²) in [5.74, 6) is -0.207. The van der Waals surface area contributed by atoms with Crippen molar-refractivity contribution < 1.29 is 13.2 Å². The van der Waals surface area contributed by atoms with E-state index >= 15 is 0 Å². The Hall–Kier alpha value is -1.97. The van der Waals surface area contributed by atoms with Crippen LogP contribution in [0.3, 0.4) is 0 Å². The maximum atomic E-state index is 12.4. The minimum Gasteiger partial charge on any atom is -0.337 e. The van der Waals surface area contributed by atoms with Gasteiger partial charge in [0.1, 0.15) is 6.54 Å². The Morgan fingerprint density at radius 2 is 1.92 bits per heavy atom. The second-order valence-electron chi connectivity index (χ2n) is 5.52. The van der Waals surface area contributed by atoms with Crippen LogP contribution in [0.4, 0.5) is 0 Å². The van der Waals surface area contributed by atoms with E-state index in [1.54, 1.807) is 31.5 Å². The van der Waals surface area contributed by atoms with Crippen molar-refractivity contribution in [2.75, 3.05) is 7.05 Å². The Balaban J connectivity index is 2.15. The average Bonchev–Trinajstić information content (AvgIpc) is 2.84. The summed E-state index contributed by atoms with van der Waals surface area (Å²) in [6.45, 7) is 3.58. The lowest BCUT2D eigenvalue weighted by atomic mass is 10.1. The number of sulfonamides is 1. The molecule has 2 aromatic rings. The third-order valence-electron chi connectivity index (χ3n) is 3.94. The van der Waals surface area contributed by atoms with Gasteiger partial charge in [-0.25, -0.2) is 13.6 Å². The molecule has 1 aromatic carbocycles. The van der Waals surface area contributed by atoms with Crippen LogP contribution in [0.2, 0.25) is 0 Å². The molecular formula is C15H19N3O4S2. The molecular weight excluding hydrogens is 350 g/mol. The quantitative estimate of drug-likeness (QED) is 0.852. The highest BCUT2D eigenvalue weighted by Crippen LogP contribution is 2.20. The molecule has 2 N–H and O–H groups in total. The van der Waals surface area contributed by atoms with E-state index in [4.69, 9.17) is 5.14 Å². The normalized spacial score (nSPS) is 12.8. The number of amides is 1. The number of aryl methyl sites for hydroxylation is 1. The number of nitrogens with zero attached hydrogens (tertiary/aromatic N) is 2. The van der Waals surface area contributed by atoms with E-state index < -0.39 is 10.0 Å². The zero-order chi connectivity index (χ0) is 18.1. The van der Waals surface area contributed by atoms with Gasteiger partial charge in [-0.2, -0.15) is 0 Å². The number of nitrogens with two attached hydrogens (primary N) is 1. The maximum absolute atomic E-state index is 12.4. The fourth-order valence-corrected chi connectivity index (χ4v) is 3.47. The third kappa shape index (κ3) is 3.92. The summed E-state index contributed by atoms with van der Waals surface area (Å²) in [5, 5.41) is 6.78. The number of primary sulfonamides is 1. The zero-order valence-electron chi connectivity index (χ0n) is 13.6. The van der Waals surface area contributed by atoms with Gasteiger partial charge in [-0.15, -0.1) is 0 Å². The summed E-state index contributed by atoms with van der Waals surface area (Å²) in [4.78, 5) is 25.5. The smallest absolute Gasteiger partial charge is 0.307 e. The summed E-state index contributed by atoms with van der Waals surface area (Å²) in [6.07, 6.45) is 0. The van der Waals surface area contributed by atoms with Crippen LogP contribution in [-0.4, -0.2) is 30.8 Å². The van der Waals surface area contributed by atoms with Crippen LogP contribution in [0.5, 0.6) is 0 Å². The van der Waals surface area contributed by atoms with E-state index in [9.17, 15) is 18.0 Å². The summed E-state index contributed by atoms with van der Waals surface area (Å²) in [6, 6.07) is 5.79. The molecule has 24 heavy (non-hydrogen) atoms. The van der Waals surface area contributed by atoms with Crippen molar-refractivity contribution in [2.45, 2.75) is 31.3 Å². The molecule has 9 heteroatoms. The Labute approximate surface area is 144 Å². The van der Waals surface area contributed by atoms with E-state index in [0.717, 1.165) is 22.6 Å². The van der Waals surface area contributed by atoms with Gasteiger partial charge in [0.25, 0.3) is 0 Å². The molecule has 1 atom stereocenters. The minimum absolute atomic E-state index is 0.0212. The van der Waals surface area contributed by atoms with E-state index in [-0.39, 0.29) is 28.3 Å². The molecule has 7 nitrogen and oxygen atoms in total. The topological polar surface area (TPSA) is 102 Å². The molecule has 0 fully saturated rings. The van der Waals surface area contributed by atoms with Gasteiger partial charge >= 0.3 is 4.87 Å². The lowest BCUT2D eigenvalue weighted by Crippen LogP contribution is -2.34. The van der Waals surface area contributed by atoms with E-state index in [1.807, 2.05) is 6.92 Å². The first-order valence-corrected chi connectivity index (χ1v) is 9.57. The van der Waals surface area contributed by atoms with Crippen molar-refractivity contribution in [1.29, 1.82) is 0 Å². The van der Waals surface area contributed by atoms with Gasteiger partial charge in [0, 0.05) is 18.1 Å². The van der Waals surface area contributed by atoms with Crippen molar-refractivity contribution in [3.05, 3.63) is 50.6 Å². The Morgan fingerprint density at radius 3 is 2.38 bits per heavy atom. The van der Waals surface area contributed by atoms with Crippen molar-refractivity contribution >= 4 is 27.3 Å². The summed E-state index contributed by atoms with van der Waals surface area (Å²) < 4.78 is 24.0. The fraction of sp³-hybridized carbons (Fsp3) is 0.333. The van der Waals surface area contributed by atoms with Gasteiger partial charge in [0.05, 0.1) is 10.9 Å². The highest BCUT2D eigenvalue weighted by atomic mass is 32.2. The fourth-order valence-electron chi connectivity index (χ4n) is 2.22. The zero-order valence-corrected chi connectivity index (χ0v) is 15.2. The number of benzene rings is 1. The number of thiazole rings is 1. The monoisotopic (exact) mass is 369 g/mol. The van der Waals surface area contributed by atoms with Crippen LogP contribution >= 0.6 is 11.3 Å². The average molecular weight is 369 g/mol. The lowest BCUT2D eigenvalue weighted by molar-refractivity contribution is -0.132. The van der Waals surface area contributed by atoms with Crippen molar-refractivity contribution in [2.24, 2.45) is 5.14 Å². The van der Waals surface area contributed by atoms with Crippen molar-refractivity contribution in [3.63, 3.8) is 0 Å². The summed E-state index contributed by atoms with van der Waals surface area (Å²) in [5.41, 5.74) is 1.52. The number of aromatic nitrogens is 1. The van der Waals surface area contributed by atoms with E-state index in [1.165, 1.54) is 21.6 Å². The molecule has 0 bridgehead atoms. The highest BCUT2D eigenvalue weighted by Gasteiger charge is 2.19. The third-order valence-corrected chi connectivity index (χ3v) is 5.75. The Morgan fingerprint density at radius 1 is 1.33 bits per heavy atom. The molecule has 0 radical (unpaired) electrons.